The summed E-state index contributed by atoms with van der Waals surface area (Å²) in [5.74, 6) is 0.253. The minimum absolute atomic E-state index is 0. The largest absolute Gasteiger partial charge is 0.508 e. The number of hydrogen-bond acceptors (Lipinski definition) is 8. The molecule has 148 valence electrons. The van der Waals surface area contributed by atoms with Gasteiger partial charge < -0.3 is 15.3 Å². The van der Waals surface area contributed by atoms with Gasteiger partial charge in [0.05, 0.1) is 11.6 Å². The fourth-order valence-corrected chi connectivity index (χ4v) is 6.06. The Labute approximate surface area is 176 Å². The molecule has 0 bridgehead atoms. The van der Waals surface area contributed by atoms with E-state index < -0.39 is 5.41 Å². The highest BCUT2D eigenvalue weighted by molar-refractivity contribution is 7.28. The van der Waals surface area contributed by atoms with E-state index in [-0.39, 0.29) is 18.2 Å². The average molecular weight is 437 g/mol. The van der Waals surface area contributed by atoms with Crippen molar-refractivity contribution in [2.75, 3.05) is 25.0 Å². The molecule has 3 N–H and O–H groups in total. The van der Waals surface area contributed by atoms with E-state index in [4.69, 9.17) is 9.97 Å². The molecule has 10 heteroatoms. The van der Waals surface area contributed by atoms with Gasteiger partial charge in [-0.1, -0.05) is 28.7 Å². The van der Waals surface area contributed by atoms with Gasteiger partial charge in [-0.15, -0.1) is 12.4 Å². The first-order valence-electron chi connectivity index (χ1n) is 8.95. The summed E-state index contributed by atoms with van der Waals surface area (Å²) in [5.41, 5.74) is 0.493. The Bertz CT molecular complexity index is 989. The molecule has 4 heterocycles. The van der Waals surface area contributed by atoms with Crippen LogP contribution in [0.5, 0.6) is 0 Å². The summed E-state index contributed by atoms with van der Waals surface area (Å²) in [6.07, 6.45) is 11.1. The lowest BCUT2D eigenvalue weighted by molar-refractivity contribution is 0.415. The molecule has 1 aliphatic carbocycles. The Morgan fingerprint density at radius 2 is 2.14 bits per heavy atom. The zero-order chi connectivity index (χ0) is 18.4. The van der Waals surface area contributed by atoms with Crippen LogP contribution in [0, 0.1) is 0 Å². The summed E-state index contributed by atoms with van der Waals surface area (Å²) in [6, 6.07) is 0.491. The molecule has 7 nitrogen and oxygen atoms in total. The number of aromatic nitrogens is 4. The third kappa shape index (κ3) is 3.12. The molecule has 5 rings (SSSR count). The number of halogens is 1. The topological polar surface area (TPSA) is 90.0 Å². The van der Waals surface area contributed by atoms with Crippen molar-refractivity contribution in [2.24, 2.45) is 0 Å². The Morgan fingerprint density at radius 1 is 1.29 bits per heavy atom. The maximum Gasteiger partial charge on any atom is 0.188 e. The number of rotatable bonds is 4. The van der Waals surface area contributed by atoms with E-state index in [1.165, 1.54) is 0 Å². The molecular formula is C18H21ClN6OS2. The van der Waals surface area contributed by atoms with Gasteiger partial charge in [-0.2, -0.15) is 5.10 Å². The van der Waals surface area contributed by atoms with Gasteiger partial charge in [-0.05, 0) is 31.5 Å². The molecule has 0 radical (unpaired) electrons. The molecule has 3 aromatic rings. The second kappa shape index (κ2) is 7.47. The van der Waals surface area contributed by atoms with Gasteiger partial charge in [0.15, 0.2) is 14.8 Å². The second-order valence-electron chi connectivity index (χ2n) is 7.02. The molecule has 1 unspecified atom stereocenters. The van der Waals surface area contributed by atoms with Crippen LogP contribution in [0.4, 0.5) is 5.13 Å². The number of likely N-dealkylation sites (N-methyl/N-ethyl adjacent to an activating group) is 1. The van der Waals surface area contributed by atoms with E-state index in [0.29, 0.717) is 6.04 Å². The highest BCUT2D eigenvalue weighted by Crippen LogP contribution is 2.44. The molecule has 0 saturated carbocycles. The van der Waals surface area contributed by atoms with Crippen molar-refractivity contribution in [3.8, 4) is 0 Å². The van der Waals surface area contributed by atoms with E-state index in [1.54, 1.807) is 34.9 Å². The lowest BCUT2D eigenvalue weighted by atomic mass is 9.77. The van der Waals surface area contributed by atoms with Crippen LogP contribution in [0.15, 0.2) is 36.4 Å². The van der Waals surface area contributed by atoms with Crippen LogP contribution in [-0.2, 0) is 5.41 Å². The van der Waals surface area contributed by atoms with Crippen LogP contribution in [0.25, 0.3) is 9.66 Å². The summed E-state index contributed by atoms with van der Waals surface area (Å²) in [7, 11) is 2.11. The summed E-state index contributed by atoms with van der Waals surface area (Å²) < 4.78 is 0. The van der Waals surface area contributed by atoms with E-state index in [1.807, 2.05) is 18.3 Å². The van der Waals surface area contributed by atoms with E-state index in [0.717, 1.165) is 51.3 Å². The zero-order valence-electron chi connectivity index (χ0n) is 15.3. The maximum absolute atomic E-state index is 10.2. The van der Waals surface area contributed by atoms with Gasteiger partial charge in [0.25, 0.3) is 0 Å². The number of fused-ring (bicyclic) bond motifs is 1. The van der Waals surface area contributed by atoms with E-state index in [9.17, 15) is 5.11 Å². The van der Waals surface area contributed by atoms with Gasteiger partial charge >= 0.3 is 0 Å². The maximum atomic E-state index is 10.2. The number of aromatic amines is 1. The van der Waals surface area contributed by atoms with Gasteiger partial charge in [-0.3, -0.25) is 5.10 Å². The first-order valence-corrected chi connectivity index (χ1v) is 10.6. The number of nitrogens with zero attached hydrogens (tertiary/aromatic N) is 4. The Morgan fingerprint density at radius 3 is 2.82 bits per heavy atom. The summed E-state index contributed by atoms with van der Waals surface area (Å²) in [6.45, 7) is 2.07. The summed E-state index contributed by atoms with van der Waals surface area (Å²) >= 11 is 3.23. The number of aliphatic hydroxyl groups is 1. The fourth-order valence-electron chi connectivity index (χ4n) is 3.79. The van der Waals surface area contributed by atoms with Crippen molar-refractivity contribution in [3.05, 3.63) is 47.0 Å². The number of aliphatic hydroxyl groups excluding tert-OH is 1. The standard InChI is InChI=1S/C18H20N6OS2.ClH/c1-24(12-4-6-19-10-12)17-23-15-14(27-17)22-16(26-15)18(11-8-20-21-9-11)5-2-3-13(25)7-18;/h2-3,7-9,12,19,25H,4-6,10H2,1H3,(H,20,21);1H/t12-,18?;/m0./s1. The molecule has 3 aromatic heterocycles. The first-order chi connectivity index (χ1) is 13.2. The molecule has 1 fully saturated rings. The van der Waals surface area contributed by atoms with Gasteiger partial charge in [0.2, 0.25) is 0 Å². The Kier molecular flexibility index (Phi) is 5.17. The number of nitrogens with one attached hydrogen (secondary N) is 2. The van der Waals surface area contributed by atoms with Crippen molar-refractivity contribution in [1.29, 1.82) is 0 Å². The quantitative estimate of drug-likeness (QED) is 0.580. The van der Waals surface area contributed by atoms with Crippen molar-refractivity contribution in [1.82, 2.24) is 25.5 Å². The Balaban J connectivity index is 0.00000192. The normalized spacial score (nSPS) is 24.3. The minimum Gasteiger partial charge on any atom is -0.508 e. The molecule has 2 atom stereocenters. The molecule has 0 spiro atoms. The first kappa shape index (κ1) is 19.4. The van der Waals surface area contributed by atoms with Gasteiger partial charge in [-0.25, -0.2) is 9.97 Å². The molecule has 2 aliphatic rings. The number of allylic oxidation sites excluding steroid dienone is 3. The van der Waals surface area contributed by atoms with Crippen molar-refractivity contribution >= 4 is 49.9 Å². The van der Waals surface area contributed by atoms with Gasteiger partial charge in [0, 0.05) is 31.4 Å². The van der Waals surface area contributed by atoms with Crippen molar-refractivity contribution in [3.63, 3.8) is 0 Å². The Hall–Kier alpha value is -1.94. The van der Waals surface area contributed by atoms with Crippen molar-refractivity contribution < 1.29 is 5.11 Å². The van der Waals surface area contributed by atoms with Crippen LogP contribution in [0.1, 0.15) is 23.4 Å². The third-order valence-electron chi connectivity index (χ3n) is 5.37. The lowest BCUT2D eigenvalue weighted by Gasteiger charge is -2.28. The number of anilines is 1. The van der Waals surface area contributed by atoms with Crippen LogP contribution < -0.4 is 10.2 Å². The highest BCUT2D eigenvalue weighted by Gasteiger charge is 2.38. The predicted octanol–water partition coefficient (Wildman–Crippen LogP) is 3.38. The van der Waals surface area contributed by atoms with E-state index >= 15 is 0 Å². The van der Waals surface area contributed by atoms with Crippen LogP contribution >= 0.6 is 35.1 Å². The highest BCUT2D eigenvalue weighted by atomic mass is 35.5. The number of hydrogen-bond donors (Lipinski definition) is 3. The molecule has 1 aliphatic heterocycles. The molecule has 1 saturated heterocycles. The summed E-state index contributed by atoms with van der Waals surface area (Å²) in [4.78, 5) is 13.9. The predicted molar refractivity (Wildman–Crippen MR) is 116 cm³/mol. The second-order valence-corrected chi connectivity index (χ2v) is 8.95. The van der Waals surface area contributed by atoms with Gasteiger partial charge in [0.1, 0.15) is 10.8 Å². The number of H-pyrrole nitrogens is 1. The average Bonchev–Trinajstić information content (AvgIpc) is 3.45. The number of thiazole rings is 2. The van der Waals surface area contributed by atoms with Crippen LogP contribution in [-0.4, -0.2) is 51.5 Å². The molecular weight excluding hydrogens is 416 g/mol. The van der Waals surface area contributed by atoms with Crippen LogP contribution in [0.2, 0.25) is 0 Å². The van der Waals surface area contributed by atoms with Crippen LogP contribution in [0.3, 0.4) is 0 Å². The van der Waals surface area contributed by atoms with E-state index in [2.05, 4.69) is 27.5 Å². The molecule has 0 aromatic carbocycles. The smallest absolute Gasteiger partial charge is 0.188 e. The SMILES string of the molecule is CN(c1nc2sc(C3(c4cn[nH]c4)C=C(O)C=CC3)nc2s1)[C@H]1CCNC1.Cl. The third-order valence-corrected chi connectivity index (χ3v) is 7.66. The molecule has 0 amide bonds. The van der Waals surface area contributed by atoms with Crippen molar-refractivity contribution in [2.45, 2.75) is 24.3 Å². The zero-order valence-corrected chi connectivity index (χ0v) is 17.7. The lowest BCUT2D eigenvalue weighted by Crippen LogP contribution is -2.33. The molecule has 28 heavy (non-hydrogen) atoms. The minimum atomic E-state index is -0.502. The monoisotopic (exact) mass is 436 g/mol. The summed E-state index contributed by atoms with van der Waals surface area (Å²) in [5, 5.41) is 22.5. The fraction of sp³-hybridized carbons (Fsp3) is 0.389.